The molecule has 2 heteroatoms. The molecule has 0 aromatic rings. The lowest BCUT2D eigenvalue weighted by atomic mass is 9.84. The number of carbonyl (C=O) groups excluding carboxylic acids is 1. The molecule has 0 radical (unpaired) electrons. The Morgan fingerprint density at radius 1 is 1.64 bits per heavy atom. The molecule has 11 heavy (non-hydrogen) atoms. The summed E-state index contributed by atoms with van der Waals surface area (Å²) in [5.41, 5.74) is 0.0339. The van der Waals surface area contributed by atoms with Gasteiger partial charge in [0.15, 0.2) is 0 Å². The fraction of sp³-hybridized carbons (Fsp3) is 0.444. The van der Waals surface area contributed by atoms with Crippen LogP contribution in [0.3, 0.4) is 0 Å². The Hall–Kier alpha value is -1.14. The van der Waals surface area contributed by atoms with Crippen LogP contribution in [-0.4, -0.2) is 12.6 Å². The smallest absolute Gasteiger partial charge is 0.211 e. The zero-order valence-electron chi connectivity index (χ0n) is 6.58. The molecule has 0 spiro atoms. The Balaban J connectivity index is 2.60. The van der Waals surface area contributed by atoms with Gasteiger partial charge in [-0.3, -0.25) is 0 Å². The average Bonchev–Trinajstić information content (AvgIpc) is 2.03. The van der Waals surface area contributed by atoms with Gasteiger partial charge in [-0.25, -0.2) is 9.79 Å². The monoisotopic (exact) mass is 149 g/mol. The van der Waals surface area contributed by atoms with E-state index >= 15 is 0 Å². The number of rotatable bonds is 2. The predicted molar refractivity (Wildman–Crippen MR) is 44.0 cm³/mol. The van der Waals surface area contributed by atoms with Gasteiger partial charge in [0.1, 0.15) is 0 Å². The van der Waals surface area contributed by atoms with Crippen molar-refractivity contribution in [3.8, 4) is 0 Å². The summed E-state index contributed by atoms with van der Waals surface area (Å²) >= 11 is 0. The summed E-state index contributed by atoms with van der Waals surface area (Å²) in [4.78, 5) is 13.4. The van der Waals surface area contributed by atoms with E-state index in [0.29, 0.717) is 6.54 Å². The van der Waals surface area contributed by atoms with Gasteiger partial charge in [0.25, 0.3) is 0 Å². The zero-order chi connectivity index (χ0) is 8.16. The molecule has 1 aliphatic rings. The number of hydrogen-bond donors (Lipinski definition) is 0. The number of isocyanates is 1. The molecule has 0 aliphatic heterocycles. The van der Waals surface area contributed by atoms with Crippen LogP contribution in [0.4, 0.5) is 0 Å². The standard InChI is InChI=1S/C9H11NO/c1-9(7-10-8-11)5-3-2-4-6-9/h2-5H,6-7H2,1H3/t9-/m1/s1. The van der Waals surface area contributed by atoms with Gasteiger partial charge in [-0.2, -0.15) is 0 Å². The SMILES string of the molecule is C[C@@]1(CN=C=O)C=CC=CC1. The first-order chi connectivity index (χ1) is 5.27. The van der Waals surface area contributed by atoms with E-state index in [-0.39, 0.29) is 5.41 Å². The summed E-state index contributed by atoms with van der Waals surface area (Å²) in [5.74, 6) is 0. The lowest BCUT2D eigenvalue weighted by molar-refractivity contribution is 0.442. The molecule has 1 rings (SSSR count). The van der Waals surface area contributed by atoms with Crippen LogP contribution < -0.4 is 0 Å². The van der Waals surface area contributed by atoms with E-state index < -0.39 is 0 Å². The van der Waals surface area contributed by atoms with Crippen LogP contribution in [0.1, 0.15) is 13.3 Å². The topological polar surface area (TPSA) is 29.4 Å². The van der Waals surface area contributed by atoms with E-state index in [1.165, 1.54) is 0 Å². The molecule has 0 bridgehead atoms. The van der Waals surface area contributed by atoms with Gasteiger partial charge in [0, 0.05) is 5.41 Å². The van der Waals surface area contributed by atoms with Gasteiger partial charge < -0.3 is 0 Å². The summed E-state index contributed by atoms with van der Waals surface area (Å²) in [5, 5.41) is 0. The van der Waals surface area contributed by atoms with Gasteiger partial charge in [0.2, 0.25) is 6.08 Å². The average molecular weight is 149 g/mol. The van der Waals surface area contributed by atoms with E-state index in [1.807, 2.05) is 12.2 Å². The number of nitrogens with zero attached hydrogens (tertiary/aromatic N) is 1. The fourth-order valence-corrected chi connectivity index (χ4v) is 1.10. The van der Waals surface area contributed by atoms with E-state index in [1.54, 1.807) is 6.08 Å². The van der Waals surface area contributed by atoms with Crippen LogP contribution in [0.15, 0.2) is 29.3 Å². The van der Waals surface area contributed by atoms with Crippen LogP contribution in [0.5, 0.6) is 0 Å². The Kier molecular flexibility index (Phi) is 2.40. The molecule has 1 atom stereocenters. The van der Waals surface area contributed by atoms with Gasteiger partial charge >= 0.3 is 0 Å². The first kappa shape index (κ1) is 7.96. The van der Waals surface area contributed by atoms with Crippen LogP contribution in [0, 0.1) is 5.41 Å². The fourth-order valence-electron chi connectivity index (χ4n) is 1.10. The minimum absolute atomic E-state index is 0.0339. The summed E-state index contributed by atoms with van der Waals surface area (Å²) in [6.07, 6.45) is 10.7. The number of hydrogen-bond acceptors (Lipinski definition) is 2. The number of allylic oxidation sites excluding steroid dienone is 3. The molecule has 0 aromatic heterocycles. The van der Waals surface area contributed by atoms with Crippen molar-refractivity contribution < 1.29 is 4.79 Å². The van der Waals surface area contributed by atoms with Crippen molar-refractivity contribution in [1.82, 2.24) is 0 Å². The largest absolute Gasteiger partial charge is 0.234 e. The highest BCUT2D eigenvalue weighted by molar-refractivity contribution is 5.33. The minimum Gasteiger partial charge on any atom is -0.211 e. The van der Waals surface area contributed by atoms with Crippen molar-refractivity contribution in [3.05, 3.63) is 24.3 Å². The molecule has 0 saturated heterocycles. The highest BCUT2D eigenvalue weighted by Gasteiger charge is 2.19. The maximum atomic E-state index is 9.86. The molecule has 1 aliphatic carbocycles. The molecular formula is C9H11NO. The highest BCUT2D eigenvalue weighted by atomic mass is 16.1. The molecule has 58 valence electrons. The van der Waals surface area contributed by atoms with Crippen LogP contribution >= 0.6 is 0 Å². The quantitative estimate of drug-likeness (QED) is 0.435. The van der Waals surface area contributed by atoms with Gasteiger partial charge in [-0.05, 0) is 6.42 Å². The molecule has 0 unspecified atom stereocenters. The van der Waals surface area contributed by atoms with E-state index in [2.05, 4.69) is 24.1 Å². The van der Waals surface area contributed by atoms with Crippen molar-refractivity contribution in [2.24, 2.45) is 10.4 Å². The summed E-state index contributed by atoms with van der Waals surface area (Å²) in [6, 6.07) is 0. The molecule has 0 fully saturated rings. The molecule has 2 nitrogen and oxygen atoms in total. The lowest BCUT2D eigenvalue weighted by Crippen LogP contribution is -2.17. The second-order valence-electron chi connectivity index (χ2n) is 3.05. The van der Waals surface area contributed by atoms with Crippen molar-refractivity contribution in [3.63, 3.8) is 0 Å². The van der Waals surface area contributed by atoms with Crippen molar-refractivity contribution in [1.29, 1.82) is 0 Å². The Labute approximate surface area is 66.3 Å². The zero-order valence-corrected chi connectivity index (χ0v) is 6.58. The maximum Gasteiger partial charge on any atom is 0.234 e. The minimum atomic E-state index is 0.0339. The highest BCUT2D eigenvalue weighted by Crippen LogP contribution is 2.26. The van der Waals surface area contributed by atoms with Crippen molar-refractivity contribution >= 4 is 6.08 Å². The molecule has 0 aromatic carbocycles. The van der Waals surface area contributed by atoms with Crippen molar-refractivity contribution in [2.75, 3.05) is 6.54 Å². The van der Waals surface area contributed by atoms with Gasteiger partial charge in [-0.1, -0.05) is 31.2 Å². The van der Waals surface area contributed by atoms with Crippen LogP contribution in [-0.2, 0) is 4.79 Å². The van der Waals surface area contributed by atoms with E-state index in [4.69, 9.17) is 0 Å². The second-order valence-corrected chi connectivity index (χ2v) is 3.05. The summed E-state index contributed by atoms with van der Waals surface area (Å²) in [7, 11) is 0. The summed E-state index contributed by atoms with van der Waals surface area (Å²) in [6.45, 7) is 2.62. The first-order valence-electron chi connectivity index (χ1n) is 3.65. The molecule has 0 heterocycles. The second kappa shape index (κ2) is 3.31. The predicted octanol–water partition coefficient (Wildman–Crippen LogP) is 1.84. The van der Waals surface area contributed by atoms with E-state index in [9.17, 15) is 4.79 Å². The van der Waals surface area contributed by atoms with Gasteiger partial charge in [-0.15, -0.1) is 0 Å². The lowest BCUT2D eigenvalue weighted by Gasteiger charge is -2.22. The normalized spacial score (nSPS) is 28.1. The molecule has 0 amide bonds. The third kappa shape index (κ3) is 2.17. The first-order valence-corrected chi connectivity index (χ1v) is 3.65. The Morgan fingerprint density at radius 2 is 2.45 bits per heavy atom. The maximum absolute atomic E-state index is 9.86. The van der Waals surface area contributed by atoms with Crippen molar-refractivity contribution in [2.45, 2.75) is 13.3 Å². The third-order valence-electron chi connectivity index (χ3n) is 1.83. The molecule has 0 saturated carbocycles. The van der Waals surface area contributed by atoms with Crippen LogP contribution in [0.25, 0.3) is 0 Å². The number of aliphatic imine (C=N–C) groups is 1. The Bertz CT molecular complexity index is 236. The molecular weight excluding hydrogens is 138 g/mol. The Morgan fingerprint density at radius 3 is 3.00 bits per heavy atom. The van der Waals surface area contributed by atoms with Gasteiger partial charge in [0.05, 0.1) is 6.54 Å². The third-order valence-corrected chi connectivity index (χ3v) is 1.83. The van der Waals surface area contributed by atoms with Crippen LogP contribution in [0.2, 0.25) is 0 Å². The van der Waals surface area contributed by atoms with E-state index in [0.717, 1.165) is 6.42 Å². The summed E-state index contributed by atoms with van der Waals surface area (Å²) < 4.78 is 0. The molecule has 0 N–H and O–H groups in total.